The van der Waals surface area contributed by atoms with E-state index in [-0.39, 0.29) is 6.04 Å². The van der Waals surface area contributed by atoms with Gasteiger partial charge in [0.2, 0.25) is 0 Å². The number of hydrogen-bond acceptors (Lipinski definition) is 3. The Labute approximate surface area is 91.1 Å². The van der Waals surface area contributed by atoms with E-state index in [2.05, 4.69) is 10.3 Å². The summed E-state index contributed by atoms with van der Waals surface area (Å²) in [5.74, 6) is 0.956. The summed E-state index contributed by atoms with van der Waals surface area (Å²) < 4.78 is 0. The van der Waals surface area contributed by atoms with E-state index in [1.165, 1.54) is 12.8 Å². The minimum atomic E-state index is 0.279. The number of hydrogen-bond donors (Lipinski definition) is 2. The number of pyridine rings is 1. The van der Waals surface area contributed by atoms with Crippen LogP contribution in [0.15, 0.2) is 18.2 Å². The molecule has 82 valence electrons. The molecule has 1 saturated carbocycles. The van der Waals surface area contributed by atoms with Crippen molar-refractivity contribution in [3.05, 3.63) is 23.9 Å². The molecule has 1 fully saturated rings. The van der Waals surface area contributed by atoms with Crippen molar-refractivity contribution in [1.82, 2.24) is 4.98 Å². The largest absolute Gasteiger partial charge is 0.366 e. The summed E-state index contributed by atoms with van der Waals surface area (Å²) in [6.07, 6.45) is 4.83. The number of nitrogens with two attached hydrogens (primary N) is 1. The third-order valence-corrected chi connectivity index (χ3v) is 3.04. The molecule has 3 nitrogen and oxygen atoms in total. The first-order chi connectivity index (χ1) is 7.25. The van der Waals surface area contributed by atoms with Gasteiger partial charge in [0.05, 0.1) is 0 Å². The van der Waals surface area contributed by atoms with Crippen LogP contribution in [0, 0.1) is 6.92 Å². The second-order valence-corrected chi connectivity index (χ2v) is 4.36. The molecule has 1 aliphatic rings. The lowest BCUT2D eigenvalue weighted by molar-refractivity contribution is 0.403. The van der Waals surface area contributed by atoms with Gasteiger partial charge in [-0.3, -0.25) is 0 Å². The topological polar surface area (TPSA) is 50.9 Å². The van der Waals surface area contributed by atoms with Crippen LogP contribution in [0.2, 0.25) is 0 Å². The zero-order chi connectivity index (χ0) is 10.7. The molecule has 0 aromatic carbocycles. The molecule has 2 atom stereocenters. The fraction of sp³-hybridized carbons (Fsp3) is 0.583. The van der Waals surface area contributed by atoms with E-state index in [0.29, 0.717) is 6.04 Å². The Morgan fingerprint density at radius 1 is 1.33 bits per heavy atom. The third kappa shape index (κ3) is 2.69. The van der Waals surface area contributed by atoms with Crippen molar-refractivity contribution in [2.75, 3.05) is 5.32 Å². The molecule has 0 spiro atoms. The van der Waals surface area contributed by atoms with Gasteiger partial charge in [0.1, 0.15) is 5.82 Å². The molecular weight excluding hydrogens is 186 g/mol. The molecule has 1 aromatic rings. The summed E-state index contributed by atoms with van der Waals surface area (Å²) in [7, 11) is 0. The van der Waals surface area contributed by atoms with E-state index >= 15 is 0 Å². The Morgan fingerprint density at radius 2 is 2.13 bits per heavy atom. The smallest absolute Gasteiger partial charge is 0.126 e. The van der Waals surface area contributed by atoms with Gasteiger partial charge >= 0.3 is 0 Å². The molecule has 1 aliphatic carbocycles. The van der Waals surface area contributed by atoms with Crippen molar-refractivity contribution in [3.63, 3.8) is 0 Å². The normalized spacial score (nSPS) is 26.3. The Hall–Kier alpha value is -1.09. The molecule has 15 heavy (non-hydrogen) atoms. The average Bonchev–Trinajstić information content (AvgIpc) is 2.22. The highest BCUT2D eigenvalue weighted by molar-refractivity contribution is 5.36. The van der Waals surface area contributed by atoms with Crippen molar-refractivity contribution < 1.29 is 0 Å². The SMILES string of the molecule is Cc1cccc(N[C@@H]2CCCC[C@H]2N)n1. The lowest BCUT2D eigenvalue weighted by atomic mass is 9.91. The molecule has 1 heterocycles. The van der Waals surface area contributed by atoms with Crippen LogP contribution in [0.4, 0.5) is 5.82 Å². The molecule has 0 radical (unpaired) electrons. The van der Waals surface area contributed by atoms with Gasteiger partial charge in [-0.2, -0.15) is 0 Å². The molecule has 2 rings (SSSR count). The zero-order valence-electron chi connectivity index (χ0n) is 9.24. The van der Waals surface area contributed by atoms with E-state index in [4.69, 9.17) is 5.73 Å². The van der Waals surface area contributed by atoms with Gasteiger partial charge in [0, 0.05) is 17.8 Å². The van der Waals surface area contributed by atoms with E-state index in [1.54, 1.807) is 0 Å². The number of rotatable bonds is 2. The summed E-state index contributed by atoms with van der Waals surface area (Å²) in [6.45, 7) is 2.01. The zero-order valence-corrected chi connectivity index (χ0v) is 9.24. The lowest BCUT2D eigenvalue weighted by Gasteiger charge is -2.29. The Balaban J connectivity index is 2.01. The predicted molar refractivity (Wildman–Crippen MR) is 62.8 cm³/mol. The van der Waals surface area contributed by atoms with Gasteiger partial charge < -0.3 is 11.1 Å². The number of nitrogens with zero attached hydrogens (tertiary/aromatic N) is 1. The first kappa shape index (κ1) is 10.4. The lowest BCUT2D eigenvalue weighted by Crippen LogP contribution is -2.42. The molecular formula is C12H19N3. The molecule has 3 heteroatoms. The van der Waals surface area contributed by atoms with Gasteiger partial charge in [-0.25, -0.2) is 4.98 Å². The molecule has 0 aliphatic heterocycles. The fourth-order valence-electron chi connectivity index (χ4n) is 2.15. The van der Waals surface area contributed by atoms with Crippen molar-refractivity contribution in [3.8, 4) is 0 Å². The second kappa shape index (κ2) is 4.62. The Morgan fingerprint density at radius 3 is 2.87 bits per heavy atom. The van der Waals surface area contributed by atoms with E-state index < -0.39 is 0 Å². The molecule has 0 saturated heterocycles. The number of aromatic nitrogens is 1. The predicted octanol–water partition coefficient (Wildman–Crippen LogP) is 2.07. The number of aryl methyl sites for hydroxylation is 1. The van der Waals surface area contributed by atoms with Crippen LogP contribution in [0.25, 0.3) is 0 Å². The van der Waals surface area contributed by atoms with Crippen LogP contribution >= 0.6 is 0 Å². The van der Waals surface area contributed by atoms with Crippen LogP contribution in [-0.2, 0) is 0 Å². The Bertz CT molecular complexity index is 324. The molecule has 0 bridgehead atoms. The van der Waals surface area contributed by atoms with E-state index in [1.807, 2.05) is 25.1 Å². The second-order valence-electron chi connectivity index (χ2n) is 4.36. The van der Waals surface area contributed by atoms with Crippen molar-refractivity contribution in [2.45, 2.75) is 44.7 Å². The monoisotopic (exact) mass is 205 g/mol. The third-order valence-electron chi connectivity index (χ3n) is 3.04. The van der Waals surface area contributed by atoms with Crippen LogP contribution in [0.5, 0.6) is 0 Å². The minimum Gasteiger partial charge on any atom is -0.366 e. The highest BCUT2D eigenvalue weighted by Crippen LogP contribution is 2.20. The first-order valence-corrected chi connectivity index (χ1v) is 5.71. The van der Waals surface area contributed by atoms with Gasteiger partial charge in [-0.05, 0) is 31.9 Å². The minimum absolute atomic E-state index is 0.279. The van der Waals surface area contributed by atoms with Crippen molar-refractivity contribution in [1.29, 1.82) is 0 Å². The van der Waals surface area contributed by atoms with Crippen molar-refractivity contribution >= 4 is 5.82 Å². The maximum atomic E-state index is 6.07. The van der Waals surface area contributed by atoms with Crippen LogP contribution in [0.3, 0.4) is 0 Å². The maximum absolute atomic E-state index is 6.07. The van der Waals surface area contributed by atoms with Gasteiger partial charge in [-0.1, -0.05) is 18.9 Å². The summed E-state index contributed by atoms with van der Waals surface area (Å²) >= 11 is 0. The summed E-state index contributed by atoms with van der Waals surface area (Å²) in [6, 6.07) is 6.72. The average molecular weight is 205 g/mol. The standard InChI is InChI=1S/C12H19N3/c1-9-5-4-8-12(14-9)15-11-7-3-2-6-10(11)13/h4-5,8,10-11H,2-3,6-7,13H2,1H3,(H,14,15)/t10-,11-/m1/s1. The maximum Gasteiger partial charge on any atom is 0.126 e. The van der Waals surface area contributed by atoms with Crippen LogP contribution in [-0.4, -0.2) is 17.1 Å². The number of nitrogens with one attached hydrogen (secondary N) is 1. The number of anilines is 1. The summed E-state index contributed by atoms with van der Waals surface area (Å²) in [5.41, 5.74) is 7.12. The van der Waals surface area contributed by atoms with Crippen LogP contribution in [0.1, 0.15) is 31.4 Å². The highest BCUT2D eigenvalue weighted by Gasteiger charge is 2.21. The van der Waals surface area contributed by atoms with Crippen LogP contribution < -0.4 is 11.1 Å². The summed E-state index contributed by atoms with van der Waals surface area (Å²) in [5, 5.41) is 3.44. The van der Waals surface area contributed by atoms with E-state index in [0.717, 1.165) is 24.4 Å². The molecule has 0 unspecified atom stereocenters. The first-order valence-electron chi connectivity index (χ1n) is 5.71. The highest BCUT2D eigenvalue weighted by atomic mass is 15.0. The van der Waals surface area contributed by atoms with Gasteiger partial charge in [0.15, 0.2) is 0 Å². The summed E-state index contributed by atoms with van der Waals surface area (Å²) in [4.78, 5) is 4.44. The van der Waals surface area contributed by atoms with E-state index in [9.17, 15) is 0 Å². The van der Waals surface area contributed by atoms with Gasteiger partial charge in [0.25, 0.3) is 0 Å². The van der Waals surface area contributed by atoms with Crippen molar-refractivity contribution in [2.24, 2.45) is 5.73 Å². The molecule has 3 N–H and O–H groups in total. The molecule has 1 aromatic heterocycles. The Kier molecular flexibility index (Phi) is 3.21. The molecule has 0 amide bonds. The van der Waals surface area contributed by atoms with Gasteiger partial charge in [-0.15, -0.1) is 0 Å². The quantitative estimate of drug-likeness (QED) is 0.777. The fourth-order valence-corrected chi connectivity index (χ4v) is 2.15.